The van der Waals surface area contributed by atoms with E-state index in [9.17, 15) is 14.7 Å². The molecule has 0 aliphatic heterocycles. The van der Waals surface area contributed by atoms with Crippen molar-refractivity contribution in [2.24, 2.45) is 5.73 Å². The molecule has 0 bridgehead atoms. The highest BCUT2D eigenvalue weighted by atomic mass is 16.5. The molecule has 2 rings (SSSR count). The van der Waals surface area contributed by atoms with E-state index in [4.69, 9.17) is 5.73 Å². The topological polar surface area (TPSA) is 89.6 Å². The second-order valence-electron chi connectivity index (χ2n) is 4.62. The molecule has 5 nitrogen and oxygen atoms in total. The summed E-state index contributed by atoms with van der Waals surface area (Å²) in [6, 6.07) is 6.41. The number of esters is 1. The molecule has 1 aliphatic carbocycles. The van der Waals surface area contributed by atoms with Gasteiger partial charge in [-0.3, -0.25) is 4.79 Å². The number of aliphatic carboxylic acids is 1. The molecule has 0 heterocycles. The van der Waals surface area contributed by atoms with Gasteiger partial charge in [0, 0.05) is 6.04 Å². The van der Waals surface area contributed by atoms with Gasteiger partial charge in [0.2, 0.25) is 0 Å². The van der Waals surface area contributed by atoms with Crippen LogP contribution < -0.4 is 5.73 Å². The predicted molar refractivity (Wildman–Crippen MR) is 64.3 cm³/mol. The number of ether oxygens (including phenoxy) is 1. The standard InChI is InChI=1S/C13H15NO4/c1-18-11(15)8-2-4-9(5-3-8)13(12(16)17)6-10(14)7-13/h2-5,10H,6-7,14H2,1H3,(H,16,17). The van der Waals surface area contributed by atoms with Gasteiger partial charge in [0.15, 0.2) is 0 Å². The van der Waals surface area contributed by atoms with Crippen LogP contribution in [0.3, 0.4) is 0 Å². The maximum absolute atomic E-state index is 11.4. The van der Waals surface area contributed by atoms with Crippen molar-refractivity contribution in [1.29, 1.82) is 0 Å². The van der Waals surface area contributed by atoms with E-state index in [-0.39, 0.29) is 6.04 Å². The van der Waals surface area contributed by atoms with Gasteiger partial charge >= 0.3 is 11.9 Å². The average molecular weight is 249 g/mol. The number of hydrogen-bond acceptors (Lipinski definition) is 4. The van der Waals surface area contributed by atoms with Crippen LogP contribution in [0.1, 0.15) is 28.8 Å². The Morgan fingerprint density at radius 3 is 2.28 bits per heavy atom. The smallest absolute Gasteiger partial charge is 0.337 e. The molecule has 5 heteroatoms. The van der Waals surface area contributed by atoms with Gasteiger partial charge in [-0.05, 0) is 30.5 Å². The Labute approximate surface area is 105 Å². The van der Waals surface area contributed by atoms with E-state index in [1.165, 1.54) is 7.11 Å². The van der Waals surface area contributed by atoms with Crippen molar-refractivity contribution in [2.45, 2.75) is 24.3 Å². The second-order valence-corrected chi connectivity index (χ2v) is 4.62. The maximum Gasteiger partial charge on any atom is 0.337 e. The number of methoxy groups -OCH3 is 1. The number of benzene rings is 1. The lowest BCUT2D eigenvalue weighted by Gasteiger charge is -2.43. The third-order valence-electron chi connectivity index (χ3n) is 3.49. The van der Waals surface area contributed by atoms with Crippen molar-refractivity contribution in [1.82, 2.24) is 0 Å². The van der Waals surface area contributed by atoms with E-state index >= 15 is 0 Å². The molecular weight excluding hydrogens is 234 g/mol. The summed E-state index contributed by atoms with van der Waals surface area (Å²) in [5.74, 6) is -1.30. The lowest BCUT2D eigenvalue weighted by Crippen LogP contribution is -2.54. The number of hydrogen-bond donors (Lipinski definition) is 2. The van der Waals surface area contributed by atoms with Crippen LogP contribution in [0.25, 0.3) is 0 Å². The van der Waals surface area contributed by atoms with Crippen molar-refractivity contribution >= 4 is 11.9 Å². The summed E-state index contributed by atoms with van der Waals surface area (Å²) in [5, 5.41) is 9.33. The van der Waals surface area contributed by atoms with E-state index < -0.39 is 17.4 Å². The first-order valence-electron chi connectivity index (χ1n) is 5.67. The molecule has 0 aromatic heterocycles. The molecule has 0 radical (unpaired) electrons. The summed E-state index contributed by atoms with van der Waals surface area (Å²) < 4.78 is 4.59. The predicted octanol–water partition coefficient (Wildman–Crippen LogP) is 0.917. The van der Waals surface area contributed by atoms with Crippen LogP contribution in [0.5, 0.6) is 0 Å². The zero-order chi connectivity index (χ0) is 13.3. The SMILES string of the molecule is COC(=O)c1ccc(C2(C(=O)O)CC(N)C2)cc1. The van der Waals surface area contributed by atoms with Gasteiger partial charge in [-0.25, -0.2) is 4.79 Å². The Balaban J connectivity index is 2.28. The van der Waals surface area contributed by atoms with E-state index in [1.807, 2.05) is 0 Å². The van der Waals surface area contributed by atoms with Gasteiger partial charge in [-0.2, -0.15) is 0 Å². The number of carbonyl (C=O) groups excluding carboxylic acids is 1. The first-order valence-corrected chi connectivity index (χ1v) is 5.67. The van der Waals surface area contributed by atoms with E-state index in [2.05, 4.69) is 4.74 Å². The van der Waals surface area contributed by atoms with Gasteiger partial charge in [-0.1, -0.05) is 12.1 Å². The van der Waals surface area contributed by atoms with Crippen molar-refractivity contribution in [2.75, 3.05) is 7.11 Å². The fraction of sp³-hybridized carbons (Fsp3) is 0.385. The minimum absolute atomic E-state index is 0.0682. The number of carboxylic acids is 1. The summed E-state index contributed by atoms with van der Waals surface area (Å²) in [6.07, 6.45) is 0.861. The van der Waals surface area contributed by atoms with Crippen molar-refractivity contribution in [3.05, 3.63) is 35.4 Å². The van der Waals surface area contributed by atoms with Gasteiger partial charge in [0.1, 0.15) is 0 Å². The molecule has 0 spiro atoms. The lowest BCUT2D eigenvalue weighted by atomic mass is 9.62. The number of carboxylic acid groups (broad SMARTS) is 1. The van der Waals surface area contributed by atoms with E-state index in [0.717, 1.165) is 0 Å². The molecule has 0 saturated heterocycles. The summed E-state index contributed by atoms with van der Waals surface area (Å²) >= 11 is 0. The number of rotatable bonds is 3. The molecule has 0 amide bonds. The van der Waals surface area contributed by atoms with Crippen LogP contribution in [0.4, 0.5) is 0 Å². The highest BCUT2D eigenvalue weighted by Crippen LogP contribution is 2.43. The second kappa shape index (κ2) is 4.42. The van der Waals surface area contributed by atoms with E-state index in [0.29, 0.717) is 24.0 Å². The maximum atomic E-state index is 11.4. The molecule has 1 aromatic carbocycles. The van der Waals surface area contributed by atoms with Crippen molar-refractivity contribution < 1.29 is 19.4 Å². The van der Waals surface area contributed by atoms with Crippen LogP contribution in [-0.4, -0.2) is 30.2 Å². The Kier molecular flexibility index (Phi) is 3.09. The molecule has 3 N–H and O–H groups in total. The highest BCUT2D eigenvalue weighted by molar-refractivity contribution is 5.90. The summed E-state index contributed by atoms with van der Waals surface area (Å²) in [5.41, 5.74) is 5.89. The molecule has 1 fully saturated rings. The first-order chi connectivity index (χ1) is 8.49. The molecule has 0 atom stereocenters. The van der Waals surface area contributed by atoms with Crippen LogP contribution in [-0.2, 0) is 14.9 Å². The Morgan fingerprint density at radius 1 is 1.33 bits per heavy atom. The van der Waals surface area contributed by atoms with Crippen LogP contribution in [0.2, 0.25) is 0 Å². The lowest BCUT2D eigenvalue weighted by molar-refractivity contribution is -0.148. The third-order valence-corrected chi connectivity index (χ3v) is 3.49. The molecule has 1 aromatic rings. The number of nitrogens with two attached hydrogens (primary N) is 1. The summed E-state index contributed by atoms with van der Waals surface area (Å²) in [6.45, 7) is 0. The minimum Gasteiger partial charge on any atom is -0.481 e. The van der Waals surface area contributed by atoms with Crippen LogP contribution in [0.15, 0.2) is 24.3 Å². The van der Waals surface area contributed by atoms with Crippen LogP contribution >= 0.6 is 0 Å². The largest absolute Gasteiger partial charge is 0.481 e. The average Bonchev–Trinajstić information content (AvgIpc) is 2.33. The molecule has 0 unspecified atom stereocenters. The number of carbonyl (C=O) groups is 2. The van der Waals surface area contributed by atoms with Crippen LogP contribution in [0, 0.1) is 0 Å². The van der Waals surface area contributed by atoms with Gasteiger partial charge in [0.05, 0.1) is 18.1 Å². The first kappa shape index (κ1) is 12.6. The van der Waals surface area contributed by atoms with Gasteiger partial charge in [0.25, 0.3) is 0 Å². The summed E-state index contributed by atoms with van der Waals surface area (Å²) in [7, 11) is 1.31. The molecule has 18 heavy (non-hydrogen) atoms. The van der Waals surface area contributed by atoms with Gasteiger partial charge in [-0.15, -0.1) is 0 Å². The molecule has 96 valence electrons. The van der Waals surface area contributed by atoms with Crippen molar-refractivity contribution in [3.8, 4) is 0 Å². The Hall–Kier alpha value is -1.88. The summed E-state index contributed by atoms with van der Waals surface area (Å²) in [4.78, 5) is 22.7. The fourth-order valence-electron chi connectivity index (χ4n) is 2.41. The molecule has 1 aliphatic rings. The van der Waals surface area contributed by atoms with Gasteiger partial charge < -0.3 is 15.6 Å². The highest BCUT2D eigenvalue weighted by Gasteiger charge is 2.50. The van der Waals surface area contributed by atoms with Crippen molar-refractivity contribution in [3.63, 3.8) is 0 Å². The minimum atomic E-state index is -0.895. The zero-order valence-corrected chi connectivity index (χ0v) is 10.1. The Morgan fingerprint density at radius 2 is 1.89 bits per heavy atom. The Bertz CT molecular complexity index is 474. The van der Waals surface area contributed by atoms with E-state index in [1.54, 1.807) is 24.3 Å². The molecular formula is C13H15NO4. The normalized spacial score (nSPS) is 26.2. The molecule has 1 saturated carbocycles. The zero-order valence-electron chi connectivity index (χ0n) is 10.1. The monoisotopic (exact) mass is 249 g/mol. The fourth-order valence-corrected chi connectivity index (χ4v) is 2.41. The third kappa shape index (κ3) is 1.86. The quantitative estimate of drug-likeness (QED) is 0.777.